The van der Waals surface area contributed by atoms with E-state index in [0.717, 1.165) is 5.56 Å². The van der Waals surface area contributed by atoms with Gasteiger partial charge in [0.05, 0.1) is 6.54 Å². The number of likely N-dealkylation sites (N-methyl/N-ethyl adjacent to an activating group) is 1. The number of carbonyl (C=O) groups excluding carboxylic acids is 1. The van der Waals surface area contributed by atoms with Gasteiger partial charge in [0.15, 0.2) is 5.82 Å². The second-order valence-corrected chi connectivity index (χ2v) is 5.37. The lowest BCUT2D eigenvalue weighted by Gasteiger charge is -2.12. The largest absolute Gasteiger partial charge is 0.335 e. The number of H-pyrrole nitrogens is 1. The fourth-order valence-electron chi connectivity index (χ4n) is 1.67. The van der Waals surface area contributed by atoms with Gasteiger partial charge >= 0.3 is 0 Å². The summed E-state index contributed by atoms with van der Waals surface area (Å²) in [4.78, 5) is 17.7. The first-order chi connectivity index (χ1) is 9.95. The zero-order valence-corrected chi connectivity index (χ0v) is 13.1. The lowest BCUT2D eigenvalue weighted by atomic mass is 10.2. The Kier molecular flexibility index (Phi) is 4.98. The first-order valence-electron chi connectivity index (χ1n) is 6.22. The van der Waals surface area contributed by atoms with E-state index < -0.39 is 0 Å². The molecule has 0 atom stereocenters. The molecule has 0 fully saturated rings. The number of benzene rings is 1. The van der Waals surface area contributed by atoms with E-state index in [1.165, 1.54) is 11.0 Å². The highest BCUT2D eigenvalue weighted by molar-refractivity contribution is 6.35. The molecule has 0 aliphatic rings. The van der Waals surface area contributed by atoms with E-state index in [1.807, 2.05) is 0 Å². The average Bonchev–Trinajstić information content (AvgIpc) is 2.82. The number of rotatable bonds is 4. The van der Waals surface area contributed by atoms with Gasteiger partial charge in [-0.25, -0.2) is 4.98 Å². The summed E-state index contributed by atoms with van der Waals surface area (Å²) in [5, 5.41) is 7.78. The van der Waals surface area contributed by atoms with E-state index in [1.54, 1.807) is 38.2 Å². The van der Waals surface area contributed by atoms with Crippen molar-refractivity contribution in [3.8, 4) is 0 Å². The molecule has 2 aromatic rings. The van der Waals surface area contributed by atoms with Gasteiger partial charge in [0, 0.05) is 23.2 Å². The molecule has 7 heteroatoms. The molecule has 1 N–H and O–H groups in total. The standard InChI is InChI=1S/C14H14Cl2N4O/c1-9-17-13(19-18-9)8-20(2)14(21)6-4-10-3-5-11(15)7-12(10)16/h3-7H,8H2,1-2H3,(H,17,18,19). The number of aryl methyl sites for hydroxylation is 1. The number of nitrogens with one attached hydrogen (secondary N) is 1. The van der Waals surface area contributed by atoms with Gasteiger partial charge < -0.3 is 4.90 Å². The number of amides is 1. The third-order valence-corrected chi connectivity index (χ3v) is 3.33. The van der Waals surface area contributed by atoms with Crippen LogP contribution in [0.1, 0.15) is 17.2 Å². The molecule has 0 aliphatic heterocycles. The van der Waals surface area contributed by atoms with Crippen LogP contribution in [0, 0.1) is 6.92 Å². The number of aromatic nitrogens is 3. The minimum atomic E-state index is -0.163. The third-order valence-electron chi connectivity index (χ3n) is 2.77. The summed E-state index contributed by atoms with van der Waals surface area (Å²) in [5.41, 5.74) is 0.733. The molecule has 110 valence electrons. The molecule has 0 saturated heterocycles. The Morgan fingerprint density at radius 1 is 1.43 bits per heavy atom. The monoisotopic (exact) mass is 324 g/mol. The topological polar surface area (TPSA) is 61.9 Å². The van der Waals surface area contributed by atoms with Crippen LogP contribution in [0.4, 0.5) is 0 Å². The SMILES string of the molecule is Cc1nc(CN(C)C(=O)C=Cc2ccc(Cl)cc2Cl)n[nH]1. The Labute approximate surface area is 132 Å². The second-order valence-electron chi connectivity index (χ2n) is 4.53. The number of carbonyl (C=O) groups is 1. The molecule has 0 bridgehead atoms. The first kappa shape index (κ1) is 15.5. The summed E-state index contributed by atoms with van der Waals surface area (Å²) in [5.74, 6) is 1.12. The van der Waals surface area contributed by atoms with E-state index in [4.69, 9.17) is 23.2 Å². The molecule has 1 aromatic carbocycles. The molecule has 0 radical (unpaired) electrons. The van der Waals surface area contributed by atoms with E-state index >= 15 is 0 Å². The van der Waals surface area contributed by atoms with Crippen molar-refractivity contribution >= 4 is 35.2 Å². The van der Waals surface area contributed by atoms with E-state index in [0.29, 0.717) is 28.2 Å². The highest BCUT2D eigenvalue weighted by atomic mass is 35.5. The molecule has 0 aliphatic carbocycles. The van der Waals surface area contributed by atoms with Crippen LogP contribution in [-0.4, -0.2) is 33.0 Å². The highest BCUT2D eigenvalue weighted by Crippen LogP contribution is 2.22. The summed E-state index contributed by atoms with van der Waals surface area (Å²) in [6.07, 6.45) is 3.11. The fraction of sp³-hybridized carbons (Fsp3) is 0.214. The van der Waals surface area contributed by atoms with Crippen LogP contribution in [-0.2, 0) is 11.3 Å². The van der Waals surface area contributed by atoms with Gasteiger partial charge in [0.1, 0.15) is 5.82 Å². The van der Waals surface area contributed by atoms with Crippen molar-refractivity contribution in [3.05, 3.63) is 51.5 Å². The Bertz CT molecular complexity index is 681. The Morgan fingerprint density at radius 2 is 2.19 bits per heavy atom. The number of hydrogen-bond donors (Lipinski definition) is 1. The fourth-order valence-corrected chi connectivity index (χ4v) is 2.15. The summed E-state index contributed by atoms with van der Waals surface area (Å²) < 4.78 is 0. The number of hydrogen-bond acceptors (Lipinski definition) is 3. The molecule has 0 saturated carbocycles. The van der Waals surface area contributed by atoms with Crippen LogP contribution < -0.4 is 0 Å². The Morgan fingerprint density at radius 3 is 2.81 bits per heavy atom. The van der Waals surface area contributed by atoms with Gasteiger partial charge in [-0.3, -0.25) is 9.89 Å². The molecule has 0 unspecified atom stereocenters. The summed E-state index contributed by atoms with van der Waals surface area (Å²) in [6, 6.07) is 5.11. The summed E-state index contributed by atoms with van der Waals surface area (Å²) in [7, 11) is 1.68. The van der Waals surface area contributed by atoms with Gasteiger partial charge in [-0.05, 0) is 30.7 Å². The van der Waals surface area contributed by atoms with Crippen molar-refractivity contribution in [2.45, 2.75) is 13.5 Å². The molecule has 21 heavy (non-hydrogen) atoms. The van der Waals surface area contributed by atoms with E-state index in [2.05, 4.69) is 15.2 Å². The lowest BCUT2D eigenvalue weighted by Crippen LogP contribution is -2.24. The maximum Gasteiger partial charge on any atom is 0.246 e. The molecular formula is C14H14Cl2N4O. The molecule has 2 rings (SSSR count). The maximum atomic E-state index is 12.0. The van der Waals surface area contributed by atoms with Crippen LogP contribution in [0.3, 0.4) is 0 Å². The van der Waals surface area contributed by atoms with Crippen molar-refractivity contribution in [1.29, 1.82) is 0 Å². The third kappa shape index (κ3) is 4.31. The van der Waals surface area contributed by atoms with Gasteiger partial charge in [0.2, 0.25) is 5.91 Å². The number of aromatic amines is 1. The predicted molar refractivity (Wildman–Crippen MR) is 83.1 cm³/mol. The van der Waals surface area contributed by atoms with Gasteiger partial charge in [-0.1, -0.05) is 29.3 Å². The molecule has 5 nitrogen and oxygen atoms in total. The maximum absolute atomic E-state index is 12.0. The van der Waals surface area contributed by atoms with Crippen molar-refractivity contribution < 1.29 is 4.79 Å². The van der Waals surface area contributed by atoms with Gasteiger partial charge in [0.25, 0.3) is 0 Å². The van der Waals surface area contributed by atoms with Crippen LogP contribution in [0.25, 0.3) is 6.08 Å². The van der Waals surface area contributed by atoms with Crippen LogP contribution in [0.5, 0.6) is 0 Å². The van der Waals surface area contributed by atoms with Crippen molar-refractivity contribution in [2.75, 3.05) is 7.05 Å². The quantitative estimate of drug-likeness (QED) is 0.879. The molecule has 1 heterocycles. The van der Waals surface area contributed by atoms with E-state index in [-0.39, 0.29) is 5.91 Å². The second kappa shape index (κ2) is 6.74. The lowest BCUT2D eigenvalue weighted by molar-refractivity contribution is -0.125. The van der Waals surface area contributed by atoms with Crippen molar-refractivity contribution in [1.82, 2.24) is 20.1 Å². The smallest absolute Gasteiger partial charge is 0.246 e. The van der Waals surface area contributed by atoms with Crippen molar-refractivity contribution in [2.24, 2.45) is 0 Å². The molecule has 0 spiro atoms. The number of halogens is 2. The predicted octanol–water partition coefficient (Wildman–Crippen LogP) is 3.09. The highest BCUT2D eigenvalue weighted by Gasteiger charge is 2.09. The number of nitrogens with zero attached hydrogens (tertiary/aromatic N) is 3. The molecular weight excluding hydrogens is 311 g/mol. The van der Waals surface area contributed by atoms with Crippen LogP contribution in [0.15, 0.2) is 24.3 Å². The minimum absolute atomic E-state index is 0.163. The first-order valence-corrected chi connectivity index (χ1v) is 6.97. The average molecular weight is 325 g/mol. The summed E-state index contributed by atoms with van der Waals surface area (Å²) >= 11 is 11.9. The zero-order valence-electron chi connectivity index (χ0n) is 11.6. The molecule has 1 amide bonds. The van der Waals surface area contributed by atoms with Gasteiger partial charge in [-0.15, -0.1) is 0 Å². The minimum Gasteiger partial charge on any atom is -0.335 e. The van der Waals surface area contributed by atoms with Crippen LogP contribution >= 0.6 is 23.2 Å². The Hall–Kier alpha value is -1.85. The van der Waals surface area contributed by atoms with E-state index in [9.17, 15) is 4.79 Å². The van der Waals surface area contributed by atoms with Gasteiger partial charge in [-0.2, -0.15) is 5.10 Å². The van der Waals surface area contributed by atoms with Crippen LogP contribution in [0.2, 0.25) is 10.0 Å². The van der Waals surface area contributed by atoms with Crippen molar-refractivity contribution in [3.63, 3.8) is 0 Å². The zero-order chi connectivity index (χ0) is 15.4. The normalized spacial score (nSPS) is 11.0. The Balaban J connectivity index is 2.01. The summed E-state index contributed by atoms with van der Waals surface area (Å²) in [6.45, 7) is 2.14. The molecule has 1 aromatic heterocycles.